The summed E-state index contributed by atoms with van der Waals surface area (Å²) < 4.78 is 1.40. The van der Waals surface area contributed by atoms with Gasteiger partial charge in [-0.25, -0.2) is 14.3 Å². The van der Waals surface area contributed by atoms with E-state index in [-0.39, 0.29) is 0 Å². The summed E-state index contributed by atoms with van der Waals surface area (Å²) in [7, 11) is 0. The van der Waals surface area contributed by atoms with Crippen molar-refractivity contribution in [3.8, 4) is 5.13 Å². The number of aryl methyl sites for hydroxylation is 3. The molecular formula is C14H17N3O3S. The van der Waals surface area contributed by atoms with E-state index in [1.807, 2.05) is 13.8 Å². The van der Waals surface area contributed by atoms with Crippen molar-refractivity contribution in [3.05, 3.63) is 38.0 Å². The number of thiazole rings is 1. The fourth-order valence-electron chi connectivity index (χ4n) is 2.31. The molecule has 0 saturated heterocycles. The van der Waals surface area contributed by atoms with Crippen LogP contribution in [0.1, 0.15) is 40.4 Å². The fraction of sp³-hybridized carbons (Fsp3) is 0.429. The molecule has 1 unspecified atom stereocenters. The second-order valence-electron chi connectivity index (χ2n) is 5.01. The molecule has 0 aliphatic carbocycles. The van der Waals surface area contributed by atoms with E-state index in [1.54, 1.807) is 20.8 Å². The van der Waals surface area contributed by atoms with Crippen molar-refractivity contribution in [2.24, 2.45) is 0 Å². The number of carbonyl (C=O) groups is 1. The Labute approximate surface area is 126 Å². The Hall–Kier alpha value is -2.02. The van der Waals surface area contributed by atoms with Crippen molar-refractivity contribution in [1.82, 2.24) is 14.5 Å². The molecule has 0 fully saturated rings. The van der Waals surface area contributed by atoms with Crippen molar-refractivity contribution < 1.29 is 9.90 Å². The lowest BCUT2D eigenvalue weighted by Gasteiger charge is -2.16. The number of carboxylic acid groups (broad SMARTS) is 1. The molecule has 21 heavy (non-hydrogen) atoms. The first-order valence-corrected chi connectivity index (χ1v) is 7.33. The van der Waals surface area contributed by atoms with E-state index >= 15 is 0 Å². The summed E-state index contributed by atoms with van der Waals surface area (Å²) in [5.74, 6) is -1.67. The Morgan fingerprint density at radius 1 is 1.19 bits per heavy atom. The van der Waals surface area contributed by atoms with Crippen molar-refractivity contribution in [2.75, 3.05) is 0 Å². The first kappa shape index (κ1) is 15.4. The standard InChI is InChI=1S/C14H17N3O3S/c1-6(12(18)19)11-8(3)15-13(20)17(9(11)4)14-16-7(2)10(5)21-14/h6H,1-5H3,(H,18,19). The van der Waals surface area contributed by atoms with Gasteiger partial charge in [-0.1, -0.05) is 0 Å². The molecule has 2 aromatic rings. The van der Waals surface area contributed by atoms with Crippen LogP contribution in [-0.4, -0.2) is 25.6 Å². The largest absolute Gasteiger partial charge is 0.481 e. The van der Waals surface area contributed by atoms with Gasteiger partial charge in [-0.3, -0.25) is 4.79 Å². The molecule has 0 aliphatic rings. The molecule has 0 aliphatic heterocycles. The summed E-state index contributed by atoms with van der Waals surface area (Å²) in [4.78, 5) is 32.8. The number of aliphatic carboxylic acids is 1. The molecule has 2 rings (SSSR count). The maximum Gasteiger partial charge on any atom is 0.354 e. The van der Waals surface area contributed by atoms with Crippen LogP contribution in [0.3, 0.4) is 0 Å². The highest BCUT2D eigenvalue weighted by Crippen LogP contribution is 2.25. The van der Waals surface area contributed by atoms with Gasteiger partial charge in [0.2, 0.25) is 0 Å². The van der Waals surface area contributed by atoms with Crippen LogP contribution in [0.15, 0.2) is 4.79 Å². The minimum atomic E-state index is -0.945. The average molecular weight is 307 g/mol. The third-order valence-corrected chi connectivity index (χ3v) is 4.64. The minimum Gasteiger partial charge on any atom is -0.481 e. The second kappa shape index (κ2) is 5.40. The smallest absolute Gasteiger partial charge is 0.354 e. The summed E-state index contributed by atoms with van der Waals surface area (Å²) >= 11 is 1.39. The number of rotatable bonds is 3. The van der Waals surface area contributed by atoms with E-state index < -0.39 is 17.6 Å². The molecule has 0 radical (unpaired) electrons. The van der Waals surface area contributed by atoms with Crippen molar-refractivity contribution in [1.29, 1.82) is 0 Å². The number of nitrogens with zero attached hydrogens (tertiary/aromatic N) is 3. The monoisotopic (exact) mass is 307 g/mol. The van der Waals surface area contributed by atoms with Gasteiger partial charge >= 0.3 is 11.7 Å². The van der Waals surface area contributed by atoms with Crippen LogP contribution in [0.5, 0.6) is 0 Å². The molecule has 0 saturated carbocycles. The van der Waals surface area contributed by atoms with Gasteiger partial charge in [0.05, 0.1) is 11.6 Å². The molecule has 1 N–H and O–H groups in total. The molecule has 0 aromatic carbocycles. The number of carboxylic acids is 1. The van der Waals surface area contributed by atoms with E-state index in [1.165, 1.54) is 15.9 Å². The van der Waals surface area contributed by atoms with Gasteiger partial charge in [-0.05, 0) is 34.6 Å². The number of aromatic nitrogens is 3. The van der Waals surface area contributed by atoms with Gasteiger partial charge in [0.25, 0.3) is 0 Å². The van der Waals surface area contributed by atoms with Crippen molar-refractivity contribution >= 4 is 17.3 Å². The van der Waals surface area contributed by atoms with E-state index in [9.17, 15) is 14.7 Å². The van der Waals surface area contributed by atoms with Gasteiger partial charge < -0.3 is 5.11 Å². The summed E-state index contributed by atoms with van der Waals surface area (Å²) in [6, 6.07) is 0. The van der Waals surface area contributed by atoms with Crippen LogP contribution in [0.2, 0.25) is 0 Å². The van der Waals surface area contributed by atoms with Crippen LogP contribution >= 0.6 is 11.3 Å². The zero-order chi connectivity index (χ0) is 15.9. The molecule has 1 atom stereocenters. The van der Waals surface area contributed by atoms with Crippen LogP contribution in [0.25, 0.3) is 5.13 Å². The topological polar surface area (TPSA) is 85.1 Å². The van der Waals surface area contributed by atoms with Crippen LogP contribution < -0.4 is 5.69 Å². The van der Waals surface area contributed by atoms with Gasteiger partial charge in [0.15, 0.2) is 5.13 Å². The van der Waals surface area contributed by atoms with Gasteiger partial charge in [0.1, 0.15) is 0 Å². The molecular weight excluding hydrogens is 290 g/mol. The summed E-state index contributed by atoms with van der Waals surface area (Å²) in [6.07, 6.45) is 0. The summed E-state index contributed by atoms with van der Waals surface area (Å²) in [5.41, 5.74) is 2.02. The Bertz CT molecular complexity index is 757. The Kier molecular flexibility index (Phi) is 3.95. The zero-order valence-electron chi connectivity index (χ0n) is 12.6. The third-order valence-electron chi connectivity index (χ3n) is 3.58. The molecule has 7 heteroatoms. The molecule has 112 valence electrons. The lowest BCUT2D eigenvalue weighted by molar-refractivity contribution is -0.138. The first-order valence-electron chi connectivity index (χ1n) is 6.51. The van der Waals surface area contributed by atoms with Gasteiger partial charge in [-0.2, -0.15) is 4.98 Å². The Balaban J connectivity index is 2.76. The molecule has 6 nitrogen and oxygen atoms in total. The second-order valence-corrected chi connectivity index (χ2v) is 6.19. The quantitative estimate of drug-likeness (QED) is 0.938. The minimum absolute atomic E-state index is 0.430. The molecule has 0 bridgehead atoms. The molecule has 2 aromatic heterocycles. The van der Waals surface area contributed by atoms with E-state index in [2.05, 4.69) is 9.97 Å². The van der Waals surface area contributed by atoms with Gasteiger partial charge in [-0.15, -0.1) is 11.3 Å². The highest BCUT2D eigenvalue weighted by molar-refractivity contribution is 7.14. The number of hydrogen-bond donors (Lipinski definition) is 1. The van der Waals surface area contributed by atoms with Gasteiger partial charge in [0, 0.05) is 21.8 Å². The van der Waals surface area contributed by atoms with E-state index in [4.69, 9.17) is 0 Å². The maximum atomic E-state index is 12.2. The predicted molar refractivity (Wildman–Crippen MR) is 80.5 cm³/mol. The summed E-state index contributed by atoms with van der Waals surface area (Å²) in [5, 5.41) is 9.76. The third kappa shape index (κ3) is 2.61. The Morgan fingerprint density at radius 3 is 2.29 bits per heavy atom. The number of hydrogen-bond acceptors (Lipinski definition) is 5. The summed E-state index contributed by atoms with van der Waals surface area (Å²) in [6.45, 7) is 8.78. The first-order chi connectivity index (χ1) is 9.73. The Morgan fingerprint density at radius 2 is 1.81 bits per heavy atom. The normalized spacial score (nSPS) is 12.4. The predicted octanol–water partition coefficient (Wildman–Crippen LogP) is 2.11. The van der Waals surface area contributed by atoms with E-state index in [0.717, 1.165) is 10.6 Å². The van der Waals surface area contributed by atoms with Crippen LogP contribution in [0.4, 0.5) is 0 Å². The fourth-order valence-corrected chi connectivity index (χ4v) is 3.26. The van der Waals surface area contributed by atoms with Crippen molar-refractivity contribution in [2.45, 2.75) is 40.5 Å². The molecule has 2 heterocycles. The van der Waals surface area contributed by atoms with Crippen molar-refractivity contribution in [3.63, 3.8) is 0 Å². The lowest BCUT2D eigenvalue weighted by atomic mass is 9.98. The SMILES string of the molecule is Cc1nc(-n2c(C)c(C(C)C(=O)O)c(C)nc2=O)sc1C. The van der Waals surface area contributed by atoms with Crippen LogP contribution in [-0.2, 0) is 4.79 Å². The molecule has 0 amide bonds. The van der Waals surface area contributed by atoms with E-state index in [0.29, 0.717) is 22.1 Å². The highest BCUT2D eigenvalue weighted by Gasteiger charge is 2.23. The zero-order valence-corrected chi connectivity index (χ0v) is 13.4. The maximum absolute atomic E-state index is 12.2. The molecule has 0 spiro atoms. The highest BCUT2D eigenvalue weighted by atomic mass is 32.1. The lowest BCUT2D eigenvalue weighted by Crippen LogP contribution is -2.28. The average Bonchev–Trinajstić information content (AvgIpc) is 2.68. The van der Waals surface area contributed by atoms with Crippen LogP contribution in [0, 0.1) is 27.7 Å².